The summed E-state index contributed by atoms with van der Waals surface area (Å²) >= 11 is 5.10. The highest BCUT2D eigenvalue weighted by Gasteiger charge is 2.17. The van der Waals surface area contributed by atoms with Crippen LogP contribution in [-0.4, -0.2) is 41.6 Å². The van der Waals surface area contributed by atoms with Crippen LogP contribution in [0.2, 0.25) is 0 Å². The first-order chi connectivity index (χ1) is 7.68. The summed E-state index contributed by atoms with van der Waals surface area (Å²) in [5, 5.41) is 7.03. The molecule has 0 bridgehead atoms. The Morgan fingerprint density at radius 1 is 1.56 bits per heavy atom. The SMILES string of the molecule is CN(CC1CCOCC1)c1n[nH]c(=S)n1C. The minimum Gasteiger partial charge on any atom is -0.381 e. The second kappa shape index (κ2) is 4.97. The number of anilines is 1. The van der Waals surface area contributed by atoms with Crippen LogP contribution in [0.3, 0.4) is 0 Å². The molecule has 16 heavy (non-hydrogen) atoms. The molecular weight excluding hydrogens is 224 g/mol. The van der Waals surface area contributed by atoms with Crippen molar-refractivity contribution in [2.75, 3.05) is 31.7 Å². The number of rotatable bonds is 3. The molecule has 0 radical (unpaired) electrons. The van der Waals surface area contributed by atoms with Crippen LogP contribution in [0, 0.1) is 10.7 Å². The van der Waals surface area contributed by atoms with Crippen LogP contribution in [-0.2, 0) is 11.8 Å². The number of hydrogen-bond donors (Lipinski definition) is 1. The molecule has 1 fully saturated rings. The molecule has 6 heteroatoms. The summed E-state index contributed by atoms with van der Waals surface area (Å²) in [7, 11) is 3.99. The van der Waals surface area contributed by atoms with Crippen molar-refractivity contribution in [2.45, 2.75) is 12.8 Å². The van der Waals surface area contributed by atoms with Crippen molar-refractivity contribution >= 4 is 18.2 Å². The molecule has 1 aliphatic rings. The van der Waals surface area contributed by atoms with Gasteiger partial charge < -0.3 is 9.64 Å². The van der Waals surface area contributed by atoms with Gasteiger partial charge in [0.2, 0.25) is 5.95 Å². The number of hydrogen-bond acceptors (Lipinski definition) is 4. The Balaban J connectivity index is 1.99. The fraction of sp³-hybridized carbons (Fsp3) is 0.800. The van der Waals surface area contributed by atoms with Crippen molar-refractivity contribution in [2.24, 2.45) is 13.0 Å². The van der Waals surface area contributed by atoms with Gasteiger partial charge in [-0.3, -0.25) is 4.57 Å². The summed E-state index contributed by atoms with van der Waals surface area (Å²) in [4.78, 5) is 2.16. The Labute approximate surface area is 100 Å². The molecule has 0 aliphatic carbocycles. The predicted octanol–water partition coefficient (Wildman–Crippen LogP) is 1.34. The van der Waals surface area contributed by atoms with Gasteiger partial charge in [0.15, 0.2) is 4.77 Å². The molecule has 1 aromatic heterocycles. The zero-order chi connectivity index (χ0) is 11.5. The molecule has 0 saturated carbocycles. The van der Waals surface area contributed by atoms with E-state index in [0.29, 0.717) is 10.7 Å². The van der Waals surface area contributed by atoms with Crippen molar-refractivity contribution in [3.05, 3.63) is 4.77 Å². The average Bonchev–Trinajstić information content (AvgIpc) is 2.61. The normalized spacial score (nSPS) is 17.6. The van der Waals surface area contributed by atoms with E-state index in [-0.39, 0.29) is 0 Å². The van der Waals surface area contributed by atoms with Gasteiger partial charge in [-0.2, -0.15) is 0 Å². The molecule has 90 valence electrons. The molecule has 0 atom stereocenters. The number of ether oxygens (including phenoxy) is 1. The molecule has 1 saturated heterocycles. The first-order valence-corrected chi connectivity index (χ1v) is 5.99. The van der Waals surface area contributed by atoms with Gasteiger partial charge in [0, 0.05) is 33.9 Å². The lowest BCUT2D eigenvalue weighted by atomic mass is 10.0. The highest BCUT2D eigenvalue weighted by Crippen LogP contribution is 2.18. The largest absolute Gasteiger partial charge is 0.381 e. The summed E-state index contributed by atoms with van der Waals surface area (Å²) in [5.41, 5.74) is 0. The fourth-order valence-electron chi connectivity index (χ4n) is 2.08. The van der Waals surface area contributed by atoms with Crippen molar-refractivity contribution < 1.29 is 4.74 Å². The molecule has 0 amide bonds. The van der Waals surface area contributed by atoms with Crippen molar-refractivity contribution in [1.29, 1.82) is 0 Å². The van der Waals surface area contributed by atoms with E-state index in [1.54, 1.807) is 0 Å². The van der Waals surface area contributed by atoms with Gasteiger partial charge in [-0.05, 0) is 31.0 Å². The quantitative estimate of drug-likeness (QED) is 0.813. The number of H-pyrrole nitrogens is 1. The minimum atomic E-state index is 0.661. The van der Waals surface area contributed by atoms with Gasteiger partial charge in [0.1, 0.15) is 0 Å². The van der Waals surface area contributed by atoms with Crippen LogP contribution in [0.15, 0.2) is 0 Å². The van der Waals surface area contributed by atoms with Crippen LogP contribution in [0.25, 0.3) is 0 Å². The van der Waals surface area contributed by atoms with Crippen LogP contribution in [0.5, 0.6) is 0 Å². The second-order valence-electron chi connectivity index (χ2n) is 4.32. The van der Waals surface area contributed by atoms with Crippen molar-refractivity contribution in [3.8, 4) is 0 Å². The van der Waals surface area contributed by atoms with E-state index in [1.807, 2.05) is 11.6 Å². The summed E-state index contributed by atoms with van der Waals surface area (Å²) in [5.74, 6) is 1.60. The van der Waals surface area contributed by atoms with Crippen LogP contribution in [0.1, 0.15) is 12.8 Å². The number of nitrogens with one attached hydrogen (secondary N) is 1. The van der Waals surface area contributed by atoms with E-state index in [1.165, 1.54) is 0 Å². The maximum Gasteiger partial charge on any atom is 0.225 e. The average molecular weight is 242 g/mol. The van der Waals surface area contributed by atoms with Gasteiger partial charge in [-0.1, -0.05) is 0 Å². The third kappa shape index (κ3) is 2.44. The molecule has 1 aliphatic heterocycles. The summed E-state index contributed by atoms with van der Waals surface area (Å²) in [6.45, 7) is 2.78. The smallest absolute Gasteiger partial charge is 0.225 e. The molecule has 0 spiro atoms. The van der Waals surface area contributed by atoms with E-state index in [0.717, 1.165) is 38.5 Å². The maximum absolute atomic E-state index is 5.35. The molecule has 1 aromatic rings. The summed E-state index contributed by atoms with van der Waals surface area (Å²) in [6, 6.07) is 0. The topological polar surface area (TPSA) is 46.1 Å². The van der Waals surface area contributed by atoms with E-state index in [9.17, 15) is 0 Å². The highest BCUT2D eigenvalue weighted by atomic mass is 32.1. The van der Waals surface area contributed by atoms with E-state index in [4.69, 9.17) is 17.0 Å². The second-order valence-corrected chi connectivity index (χ2v) is 4.71. The number of aromatic amines is 1. The predicted molar refractivity (Wildman–Crippen MR) is 65.2 cm³/mol. The van der Waals surface area contributed by atoms with Crippen LogP contribution < -0.4 is 4.90 Å². The van der Waals surface area contributed by atoms with Gasteiger partial charge in [-0.15, -0.1) is 5.10 Å². The molecule has 5 nitrogen and oxygen atoms in total. The van der Waals surface area contributed by atoms with Crippen molar-refractivity contribution in [3.63, 3.8) is 0 Å². The Morgan fingerprint density at radius 3 is 2.81 bits per heavy atom. The summed E-state index contributed by atoms with van der Waals surface area (Å²) < 4.78 is 7.91. The van der Waals surface area contributed by atoms with Gasteiger partial charge in [-0.25, -0.2) is 5.10 Å². The first-order valence-electron chi connectivity index (χ1n) is 5.58. The molecule has 0 aromatic carbocycles. The Bertz CT molecular complexity index is 394. The third-order valence-electron chi connectivity index (χ3n) is 3.07. The van der Waals surface area contributed by atoms with Crippen LogP contribution in [0.4, 0.5) is 5.95 Å². The monoisotopic (exact) mass is 242 g/mol. The van der Waals surface area contributed by atoms with E-state index in [2.05, 4.69) is 22.1 Å². The van der Waals surface area contributed by atoms with Gasteiger partial charge in [0.25, 0.3) is 0 Å². The Kier molecular flexibility index (Phi) is 3.60. The van der Waals surface area contributed by atoms with E-state index < -0.39 is 0 Å². The lowest BCUT2D eigenvalue weighted by molar-refractivity contribution is 0.0684. The first kappa shape index (κ1) is 11.6. The lowest BCUT2D eigenvalue weighted by Gasteiger charge is -2.27. The van der Waals surface area contributed by atoms with Gasteiger partial charge in [0.05, 0.1) is 0 Å². The number of nitrogens with zero attached hydrogens (tertiary/aromatic N) is 3. The molecule has 2 rings (SSSR count). The zero-order valence-electron chi connectivity index (χ0n) is 9.77. The van der Waals surface area contributed by atoms with Gasteiger partial charge >= 0.3 is 0 Å². The Morgan fingerprint density at radius 2 is 2.25 bits per heavy atom. The minimum absolute atomic E-state index is 0.661. The van der Waals surface area contributed by atoms with Crippen molar-refractivity contribution in [1.82, 2.24) is 14.8 Å². The molecule has 2 heterocycles. The molecular formula is C10H18N4OS. The summed E-state index contributed by atoms with van der Waals surface area (Å²) in [6.07, 6.45) is 2.28. The number of aromatic nitrogens is 3. The molecule has 1 N–H and O–H groups in total. The maximum atomic E-state index is 5.35. The highest BCUT2D eigenvalue weighted by molar-refractivity contribution is 7.71. The standard InChI is InChI=1S/C10H18N4OS/c1-13(7-8-3-5-15-6-4-8)9-11-12-10(16)14(9)2/h8H,3-7H2,1-2H3,(H,12,16). The Hall–Kier alpha value is -0.880. The zero-order valence-corrected chi connectivity index (χ0v) is 10.6. The third-order valence-corrected chi connectivity index (χ3v) is 3.44. The lowest BCUT2D eigenvalue weighted by Crippen LogP contribution is -2.31. The molecule has 0 unspecified atom stereocenters. The van der Waals surface area contributed by atoms with Crippen LogP contribution >= 0.6 is 12.2 Å². The van der Waals surface area contributed by atoms with E-state index >= 15 is 0 Å². The fourth-order valence-corrected chi connectivity index (χ4v) is 2.21.